The Kier molecular flexibility index (Phi) is 6.32. The van der Waals surface area contributed by atoms with Crippen molar-refractivity contribution in [3.63, 3.8) is 0 Å². The third kappa shape index (κ3) is 4.98. The summed E-state index contributed by atoms with van der Waals surface area (Å²) in [6.07, 6.45) is 0.645. The lowest BCUT2D eigenvalue weighted by molar-refractivity contribution is -0.384. The summed E-state index contributed by atoms with van der Waals surface area (Å²) in [5.74, 6) is -0.0883. The van der Waals surface area contributed by atoms with Gasteiger partial charge in [-0.2, -0.15) is 0 Å². The van der Waals surface area contributed by atoms with Gasteiger partial charge in [0.25, 0.3) is 5.91 Å². The van der Waals surface area contributed by atoms with Gasteiger partial charge in [0, 0.05) is 50.2 Å². The summed E-state index contributed by atoms with van der Waals surface area (Å²) in [4.78, 5) is 33.2. The Labute approximate surface area is 191 Å². The third-order valence-corrected chi connectivity index (χ3v) is 6.26. The third-order valence-electron chi connectivity index (χ3n) is 6.26. The summed E-state index contributed by atoms with van der Waals surface area (Å²) >= 11 is 0. The van der Waals surface area contributed by atoms with E-state index in [4.69, 9.17) is 5.73 Å². The second kappa shape index (κ2) is 9.18. The van der Waals surface area contributed by atoms with Crippen LogP contribution in [0.25, 0.3) is 0 Å². The zero-order chi connectivity index (χ0) is 23.6. The van der Waals surface area contributed by atoms with Crippen molar-refractivity contribution in [1.29, 1.82) is 0 Å². The molecular formula is C22H28FN7O3. The van der Waals surface area contributed by atoms with Crippen LogP contribution in [0, 0.1) is 10.1 Å². The average molecular weight is 458 g/mol. The standard InChI is InChI=1S/C22H28FN7O3/c1-27-11-13-28(14-12-27)19-8-7-18(30(32)33)20(26-19)25-16-3-5-17(6-4-16)29-10-2-9-22(23,15-29)21(24)31/h3-8H,2,9-15H2,1H3,(H2,24,31)(H,25,26). The van der Waals surface area contributed by atoms with E-state index in [1.807, 2.05) is 0 Å². The van der Waals surface area contributed by atoms with E-state index in [0.29, 0.717) is 24.5 Å². The number of nitro groups is 1. The van der Waals surface area contributed by atoms with Crippen LogP contribution in [0.15, 0.2) is 36.4 Å². The molecule has 3 N–H and O–H groups in total. The fraction of sp³-hybridized carbons (Fsp3) is 0.455. The lowest BCUT2D eigenvalue weighted by Gasteiger charge is -2.36. The monoisotopic (exact) mass is 457 g/mol. The maximum Gasteiger partial charge on any atom is 0.311 e. The number of nitrogens with one attached hydrogen (secondary N) is 1. The van der Waals surface area contributed by atoms with Crippen molar-refractivity contribution in [2.24, 2.45) is 5.73 Å². The number of aromatic nitrogens is 1. The molecular weight excluding hydrogens is 429 g/mol. The highest BCUT2D eigenvalue weighted by atomic mass is 19.1. The van der Waals surface area contributed by atoms with E-state index in [-0.39, 0.29) is 24.5 Å². The number of likely N-dealkylation sites (N-methyl/N-ethyl adjacent to an activating group) is 1. The maximum absolute atomic E-state index is 14.7. The summed E-state index contributed by atoms with van der Waals surface area (Å²) in [6, 6.07) is 10.2. The van der Waals surface area contributed by atoms with Gasteiger partial charge < -0.3 is 25.8 Å². The normalized spacial score (nSPS) is 21.6. The summed E-state index contributed by atoms with van der Waals surface area (Å²) < 4.78 is 14.7. The van der Waals surface area contributed by atoms with E-state index in [1.165, 1.54) is 6.07 Å². The van der Waals surface area contributed by atoms with Crippen molar-refractivity contribution in [3.05, 3.63) is 46.5 Å². The number of benzene rings is 1. The smallest absolute Gasteiger partial charge is 0.311 e. The molecule has 0 radical (unpaired) electrons. The number of halogens is 1. The molecule has 0 spiro atoms. The van der Waals surface area contributed by atoms with Crippen molar-refractivity contribution < 1.29 is 14.1 Å². The minimum absolute atomic E-state index is 0.0881. The lowest BCUT2D eigenvalue weighted by atomic mass is 9.93. The summed E-state index contributed by atoms with van der Waals surface area (Å²) in [5, 5.41) is 14.6. The van der Waals surface area contributed by atoms with Crippen molar-refractivity contribution in [1.82, 2.24) is 9.88 Å². The molecule has 2 fully saturated rings. The van der Waals surface area contributed by atoms with Crippen LogP contribution in [-0.2, 0) is 4.79 Å². The SMILES string of the molecule is CN1CCN(c2ccc([N+](=O)[O-])c(Nc3ccc(N4CCCC(F)(C(N)=O)C4)cc3)n2)CC1. The van der Waals surface area contributed by atoms with Gasteiger partial charge in [0.2, 0.25) is 11.5 Å². The fourth-order valence-corrected chi connectivity index (χ4v) is 4.22. The highest BCUT2D eigenvalue weighted by Gasteiger charge is 2.41. The number of nitrogens with two attached hydrogens (primary N) is 1. The van der Waals surface area contributed by atoms with Gasteiger partial charge in [0.15, 0.2) is 0 Å². The summed E-state index contributed by atoms with van der Waals surface area (Å²) in [7, 11) is 2.06. The van der Waals surface area contributed by atoms with Crippen molar-refractivity contribution in [2.45, 2.75) is 18.5 Å². The predicted octanol–water partition coefficient (Wildman–Crippen LogP) is 2.28. The number of piperazine rings is 1. The van der Waals surface area contributed by atoms with Gasteiger partial charge in [-0.15, -0.1) is 0 Å². The molecule has 0 aliphatic carbocycles. The van der Waals surface area contributed by atoms with Crippen LogP contribution >= 0.6 is 0 Å². The van der Waals surface area contributed by atoms with Crippen LogP contribution in [0.3, 0.4) is 0 Å². The van der Waals surface area contributed by atoms with Gasteiger partial charge in [0.1, 0.15) is 5.82 Å². The van der Waals surface area contributed by atoms with Crippen LogP contribution < -0.4 is 20.9 Å². The van der Waals surface area contributed by atoms with Crippen LogP contribution in [0.1, 0.15) is 12.8 Å². The van der Waals surface area contributed by atoms with Gasteiger partial charge in [0.05, 0.1) is 11.5 Å². The molecule has 2 saturated heterocycles. The van der Waals surface area contributed by atoms with Crippen LogP contribution in [0.4, 0.5) is 33.1 Å². The molecule has 2 aliphatic heterocycles. The van der Waals surface area contributed by atoms with E-state index in [0.717, 1.165) is 31.9 Å². The first-order valence-electron chi connectivity index (χ1n) is 10.9. The summed E-state index contributed by atoms with van der Waals surface area (Å²) in [5.41, 5.74) is 4.45. The number of nitrogens with zero attached hydrogens (tertiary/aromatic N) is 5. The van der Waals surface area contributed by atoms with Gasteiger partial charge in [-0.1, -0.05) is 0 Å². The van der Waals surface area contributed by atoms with Gasteiger partial charge in [-0.05, 0) is 50.2 Å². The first kappa shape index (κ1) is 22.7. The number of rotatable bonds is 6. The number of pyridine rings is 1. The van der Waals surface area contributed by atoms with Gasteiger partial charge in [-0.25, -0.2) is 9.37 Å². The maximum atomic E-state index is 14.7. The number of carbonyl (C=O) groups excluding carboxylic acids is 1. The van der Waals surface area contributed by atoms with E-state index in [1.54, 1.807) is 35.2 Å². The molecule has 1 aromatic heterocycles. The topological polar surface area (TPSA) is 121 Å². The first-order chi connectivity index (χ1) is 15.7. The Bertz CT molecular complexity index is 1030. The van der Waals surface area contributed by atoms with E-state index < -0.39 is 16.5 Å². The molecule has 1 atom stereocenters. The molecule has 2 aromatic rings. The quantitative estimate of drug-likeness (QED) is 0.501. The van der Waals surface area contributed by atoms with Crippen molar-refractivity contribution in [2.75, 3.05) is 61.4 Å². The molecule has 11 heteroatoms. The second-order valence-electron chi connectivity index (χ2n) is 8.61. The number of carbonyl (C=O) groups is 1. The molecule has 1 amide bonds. The first-order valence-corrected chi connectivity index (χ1v) is 10.9. The Morgan fingerprint density at radius 2 is 1.82 bits per heavy atom. The molecule has 2 aliphatic rings. The highest BCUT2D eigenvalue weighted by Crippen LogP contribution is 2.32. The number of hydrogen-bond donors (Lipinski definition) is 2. The molecule has 176 valence electrons. The molecule has 1 aromatic carbocycles. The van der Waals surface area contributed by atoms with Gasteiger partial charge >= 0.3 is 5.69 Å². The van der Waals surface area contributed by atoms with Crippen LogP contribution in [0.5, 0.6) is 0 Å². The molecule has 10 nitrogen and oxygen atoms in total. The van der Waals surface area contributed by atoms with Gasteiger partial charge in [-0.3, -0.25) is 14.9 Å². The molecule has 1 unspecified atom stereocenters. The molecule has 0 bridgehead atoms. The molecule has 3 heterocycles. The molecule has 0 saturated carbocycles. The zero-order valence-electron chi connectivity index (χ0n) is 18.5. The minimum atomic E-state index is -2.04. The average Bonchev–Trinajstić information content (AvgIpc) is 2.80. The van der Waals surface area contributed by atoms with E-state index >= 15 is 0 Å². The number of anilines is 4. The predicted molar refractivity (Wildman–Crippen MR) is 125 cm³/mol. The minimum Gasteiger partial charge on any atom is -0.368 e. The Balaban J connectivity index is 1.52. The summed E-state index contributed by atoms with van der Waals surface area (Å²) in [6.45, 7) is 3.92. The Morgan fingerprint density at radius 1 is 1.12 bits per heavy atom. The number of piperidine rings is 1. The van der Waals surface area contributed by atoms with E-state index in [9.17, 15) is 19.3 Å². The molecule has 4 rings (SSSR count). The fourth-order valence-electron chi connectivity index (χ4n) is 4.22. The van der Waals surface area contributed by atoms with Crippen LogP contribution in [-0.4, -0.2) is 72.7 Å². The largest absolute Gasteiger partial charge is 0.368 e. The number of hydrogen-bond acceptors (Lipinski definition) is 8. The second-order valence-corrected chi connectivity index (χ2v) is 8.61. The zero-order valence-corrected chi connectivity index (χ0v) is 18.5. The lowest BCUT2D eigenvalue weighted by Crippen LogP contribution is -2.53. The Morgan fingerprint density at radius 3 is 2.45 bits per heavy atom. The number of alkyl halides is 1. The van der Waals surface area contributed by atoms with Crippen molar-refractivity contribution >= 4 is 34.6 Å². The van der Waals surface area contributed by atoms with Crippen LogP contribution in [0.2, 0.25) is 0 Å². The highest BCUT2D eigenvalue weighted by molar-refractivity contribution is 5.84. The number of amides is 1. The molecule has 33 heavy (non-hydrogen) atoms. The van der Waals surface area contributed by atoms with E-state index in [2.05, 4.69) is 27.1 Å². The Hall–Kier alpha value is -3.47. The number of primary amides is 1. The van der Waals surface area contributed by atoms with Crippen molar-refractivity contribution in [3.8, 4) is 0 Å².